The second-order valence-electron chi connectivity index (χ2n) is 4.83. The van der Waals surface area contributed by atoms with Crippen molar-refractivity contribution in [2.45, 2.75) is 39.7 Å². The van der Waals surface area contributed by atoms with Crippen LogP contribution in [0.3, 0.4) is 0 Å². The lowest BCUT2D eigenvalue weighted by atomic mass is 10.2. The normalized spacial score (nSPS) is 12.4. The van der Waals surface area contributed by atoms with E-state index in [1.807, 2.05) is 6.20 Å². The largest absolute Gasteiger partial charge is 0.395 e. The van der Waals surface area contributed by atoms with Crippen LogP contribution in [0.25, 0.3) is 0 Å². The molecule has 0 aliphatic heterocycles. The number of anilines is 1. The molecule has 0 aliphatic carbocycles. The van der Waals surface area contributed by atoms with Crippen LogP contribution in [0.1, 0.15) is 45.3 Å². The highest BCUT2D eigenvalue weighted by molar-refractivity contribution is 5.44. The molecule has 1 heterocycles. The fraction of sp³-hybridized carbons (Fsp3) is 0.667. The van der Waals surface area contributed by atoms with Crippen molar-refractivity contribution >= 4 is 5.69 Å². The minimum Gasteiger partial charge on any atom is -0.395 e. The Hall–Kier alpha value is -1.13. The zero-order valence-corrected chi connectivity index (χ0v) is 12.4. The molecule has 0 bridgehead atoms. The summed E-state index contributed by atoms with van der Waals surface area (Å²) in [6.07, 6.45) is 4.10. The van der Waals surface area contributed by atoms with Crippen LogP contribution < -0.4 is 10.2 Å². The monoisotopic (exact) mass is 265 g/mol. The van der Waals surface area contributed by atoms with E-state index in [4.69, 9.17) is 5.11 Å². The number of hydrogen-bond acceptors (Lipinski definition) is 4. The third kappa shape index (κ3) is 5.17. The summed E-state index contributed by atoms with van der Waals surface area (Å²) in [4.78, 5) is 6.70. The minimum atomic E-state index is 0.177. The van der Waals surface area contributed by atoms with E-state index in [1.54, 1.807) is 0 Å². The van der Waals surface area contributed by atoms with E-state index in [0.717, 1.165) is 37.3 Å². The molecule has 1 aromatic heterocycles. The fourth-order valence-corrected chi connectivity index (χ4v) is 2.07. The molecule has 0 aromatic carbocycles. The first kappa shape index (κ1) is 15.9. The van der Waals surface area contributed by atoms with Crippen LogP contribution in [0.2, 0.25) is 0 Å². The number of nitrogens with one attached hydrogen (secondary N) is 1. The lowest BCUT2D eigenvalue weighted by Crippen LogP contribution is -2.27. The first-order chi connectivity index (χ1) is 9.22. The van der Waals surface area contributed by atoms with Gasteiger partial charge in [0.2, 0.25) is 0 Å². The molecule has 108 valence electrons. The summed E-state index contributed by atoms with van der Waals surface area (Å²) >= 11 is 0. The summed E-state index contributed by atoms with van der Waals surface area (Å²) in [5.74, 6) is 0. The maximum absolute atomic E-state index is 9.09. The third-order valence-electron chi connectivity index (χ3n) is 3.14. The van der Waals surface area contributed by atoms with E-state index in [-0.39, 0.29) is 12.6 Å². The van der Waals surface area contributed by atoms with Gasteiger partial charge in [0.05, 0.1) is 24.2 Å². The number of aliphatic hydroxyl groups is 1. The summed E-state index contributed by atoms with van der Waals surface area (Å²) in [7, 11) is 0. The zero-order valence-electron chi connectivity index (χ0n) is 12.4. The number of aromatic nitrogens is 1. The van der Waals surface area contributed by atoms with Gasteiger partial charge in [-0.3, -0.25) is 4.98 Å². The van der Waals surface area contributed by atoms with Crippen LogP contribution in [0.4, 0.5) is 5.69 Å². The van der Waals surface area contributed by atoms with E-state index < -0.39 is 0 Å². The van der Waals surface area contributed by atoms with E-state index >= 15 is 0 Å². The van der Waals surface area contributed by atoms with Crippen molar-refractivity contribution < 1.29 is 5.11 Å². The lowest BCUT2D eigenvalue weighted by molar-refractivity contribution is 0.302. The maximum atomic E-state index is 9.09. The molecule has 0 fully saturated rings. The third-order valence-corrected chi connectivity index (χ3v) is 3.14. The average molecular weight is 265 g/mol. The van der Waals surface area contributed by atoms with Gasteiger partial charge in [-0.1, -0.05) is 13.8 Å². The Morgan fingerprint density at radius 1 is 1.26 bits per heavy atom. The molecule has 1 aromatic rings. The van der Waals surface area contributed by atoms with Gasteiger partial charge in [0, 0.05) is 19.1 Å². The summed E-state index contributed by atoms with van der Waals surface area (Å²) in [6.45, 7) is 9.24. The molecular weight excluding hydrogens is 238 g/mol. The Morgan fingerprint density at radius 2 is 2.05 bits per heavy atom. The van der Waals surface area contributed by atoms with Crippen molar-refractivity contribution in [3.63, 3.8) is 0 Å². The molecule has 0 spiro atoms. The standard InChI is InChI=1S/C15H27N3O/c1-4-8-16-13(3)15-7-6-14(12-17-15)18(9-5-2)10-11-19/h6-7,12-13,16,19H,4-5,8-11H2,1-3H3. The van der Waals surface area contributed by atoms with Crippen molar-refractivity contribution in [3.8, 4) is 0 Å². The fourth-order valence-electron chi connectivity index (χ4n) is 2.07. The Balaban J connectivity index is 2.67. The van der Waals surface area contributed by atoms with E-state index in [0.29, 0.717) is 6.54 Å². The van der Waals surface area contributed by atoms with Crippen LogP contribution in [0, 0.1) is 0 Å². The average Bonchev–Trinajstić information content (AvgIpc) is 2.44. The van der Waals surface area contributed by atoms with Gasteiger partial charge in [0.1, 0.15) is 0 Å². The van der Waals surface area contributed by atoms with Gasteiger partial charge in [-0.25, -0.2) is 0 Å². The number of nitrogens with zero attached hydrogens (tertiary/aromatic N) is 2. The Bertz CT molecular complexity index is 334. The highest BCUT2D eigenvalue weighted by Crippen LogP contribution is 2.16. The minimum absolute atomic E-state index is 0.177. The topological polar surface area (TPSA) is 48.4 Å². The van der Waals surface area contributed by atoms with Crippen LogP contribution in [-0.2, 0) is 0 Å². The van der Waals surface area contributed by atoms with Gasteiger partial charge in [-0.15, -0.1) is 0 Å². The number of hydrogen-bond donors (Lipinski definition) is 2. The van der Waals surface area contributed by atoms with Crippen LogP contribution in [-0.4, -0.2) is 36.3 Å². The van der Waals surface area contributed by atoms with Gasteiger partial charge in [0.15, 0.2) is 0 Å². The molecule has 4 heteroatoms. The van der Waals surface area contributed by atoms with Crippen LogP contribution >= 0.6 is 0 Å². The quantitative estimate of drug-likeness (QED) is 0.719. The van der Waals surface area contributed by atoms with E-state index in [1.165, 1.54) is 0 Å². The van der Waals surface area contributed by atoms with Crippen molar-refractivity contribution in [1.29, 1.82) is 0 Å². The molecule has 1 unspecified atom stereocenters. The summed E-state index contributed by atoms with van der Waals surface area (Å²) in [5.41, 5.74) is 2.15. The molecule has 4 nitrogen and oxygen atoms in total. The van der Waals surface area contributed by atoms with Crippen molar-refractivity contribution in [2.24, 2.45) is 0 Å². The Labute approximate surface area is 116 Å². The zero-order chi connectivity index (χ0) is 14.1. The molecule has 1 rings (SSSR count). The molecule has 0 saturated carbocycles. The predicted molar refractivity (Wildman–Crippen MR) is 80.5 cm³/mol. The van der Waals surface area contributed by atoms with Gasteiger partial charge in [-0.05, 0) is 38.4 Å². The molecule has 0 aliphatic rings. The van der Waals surface area contributed by atoms with E-state index in [2.05, 4.69) is 48.1 Å². The van der Waals surface area contributed by atoms with E-state index in [9.17, 15) is 0 Å². The highest BCUT2D eigenvalue weighted by Gasteiger charge is 2.08. The Kier molecular flexibility index (Phi) is 7.45. The smallest absolute Gasteiger partial charge is 0.0606 e. The molecule has 0 saturated heterocycles. The molecular formula is C15H27N3O. The van der Waals surface area contributed by atoms with Crippen molar-refractivity contribution in [2.75, 3.05) is 31.1 Å². The molecule has 19 heavy (non-hydrogen) atoms. The van der Waals surface area contributed by atoms with Crippen molar-refractivity contribution in [1.82, 2.24) is 10.3 Å². The summed E-state index contributed by atoms with van der Waals surface area (Å²) < 4.78 is 0. The molecule has 1 atom stereocenters. The molecule has 0 amide bonds. The van der Waals surface area contributed by atoms with Gasteiger partial charge in [-0.2, -0.15) is 0 Å². The number of pyridine rings is 1. The number of rotatable bonds is 9. The van der Waals surface area contributed by atoms with Gasteiger partial charge in [0.25, 0.3) is 0 Å². The summed E-state index contributed by atoms with van der Waals surface area (Å²) in [6, 6.07) is 4.45. The van der Waals surface area contributed by atoms with Crippen LogP contribution in [0.5, 0.6) is 0 Å². The molecule has 2 N–H and O–H groups in total. The van der Waals surface area contributed by atoms with Crippen molar-refractivity contribution in [3.05, 3.63) is 24.0 Å². The number of aliphatic hydroxyl groups excluding tert-OH is 1. The SMILES string of the molecule is CCCNC(C)c1ccc(N(CCC)CCO)cn1. The van der Waals surface area contributed by atoms with Gasteiger partial charge >= 0.3 is 0 Å². The second-order valence-corrected chi connectivity index (χ2v) is 4.83. The lowest BCUT2D eigenvalue weighted by Gasteiger charge is -2.23. The first-order valence-corrected chi connectivity index (χ1v) is 7.28. The predicted octanol–water partition coefficient (Wildman–Crippen LogP) is 2.35. The van der Waals surface area contributed by atoms with Crippen LogP contribution in [0.15, 0.2) is 18.3 Å². The second kappa shape index (κ2) is 8.88. The maximum Gasteiger partial charge on any atom is 0.0606 e. The van der Waals surface area contributed by atoms with Gasteiger partial charge < -0.3 is 15.3 Å². The molecule has 0 radical (unpaired) electrons. The Morgan fingerprint density at radius 3 is 2.58 bits per heavy atom. The highest BCUT2D eigenvalue weighted by atomic mass is 16.3. The first-order valence-electron chi connectivity index (χ1n) is 7.28. The summed E-state index contributed by atoms with van der Waals surface area (Å²) in [5, 5.41) is 12.5.